The molecule has 0 spiro atoms. The fourth-order valence-electron chi connectivity index (χ4n) is 2.29. The van der Waals surface area contributed by atoms with E-state index in [4.69, 9.17) is 0 Å². The van der Waals surface area contributed by atoms with E-state index in [0.717, 1.165) is 17.3 Å². The highest BCUT2D eigenvalue weighted by Gasteiger charge is 2.56. The molecule has 46 valence electrons. The van der Waals surface area contributed by atoms with Gasteiger partial charge in [0, 0.05) is 0 Å². The Hall–Kier alpha value is 0. The molecule has 0 aromatic rings. The maximum absolute atomic E-state index is 2.45. The van der Waals surface area contributed by atoms with Crippen molar-refractivity contribution in [3.8, 4) is 0 Å². The Morgan fingerprint density at radius 3 is 2.25 bits per heavy atom. The topological polar surface area (TPSA) is 0 Å². The number of hydrogen-bond donors (Lipinski definition) is 0. The van der Waals surface area contributed by atoms with Crippen molar-refractivity contribution in [2.75, 3.05) is 0 Å². The minimum Gasteiger partial charge on any atom is -0.0620 e. The molecule has 0 bridgehead atoms. The molecule has 0 aliphatic heterocycles. The molecule has 0 heteroatoms. The van der Waals surface area contributed by atoms with Crippen LogP contribution >= 0.6 is 0 Å². The van der Waals surface area contributed by atoms with Gasteiger partial charge in [-0.25, -0.2) is 0 Å². The van der Waals surface area contributed by atoms with Crippen LogP contribution in [0.15, 0.2) is 0 Å². The minimum atomic E-state index is 0.819. The van der Waals surface area contributed by atoms with Crippen LogP contribution in [0.1, 0.15) is 33.1 Å². The molecule has 2 rings (SSSR count). The van der Waals surface area contributed by atoms with Gasteiger partial charge in [-0.1, -0.05) is 13.8 Å². The summed E-state index contributed by atoms with van der Waals surface area (Å²) < 4.78 is 0. The molecule has 2 saturated carbocycles. The molecule has 2 aliphatic rings. The molecule has 2 fully saturated rings. The third-order valence-corrected chi connectivity index (χ3v) is 3.53. The fraction of sp³-hybridized carbons (Fsp3) is 1.00. The first-order valence-electron chi connectivity index (χ1n) is 3.73. The van der Waals surface area contributed by atoms with E-state index in [9.17, 15) is 0 Å². The number of rotatable bonds is 0. The summed E-state index contributed by atoms with van der Waals surface area (Å²) >= 11 is 0. The molecular formula is C8H14. The summed E-state index contributed by atoms with van der Waals surface area (Å²) in [6.45, 7) is 4.86. The average molecular weight is 110 g/mol. The van der Waals surface area contributed by atoms with E-state index in [1.54, 1.807) is 0 Å². The van der Waals surface area contributed by atoms with Crippen molar-refractivity contribution in [2.24, 2.45) is 17.3 Å². The molecule has 0 aromatic heterocycles. The van der Waals surface area contributed by atoms with Crippen molar-refractivity contribution >= 4 is 0 Å². The zero-order valence-corrected chi connectivity index (χ0v) is 5.78. The molecular weight excluding hydrogens is 96.1 g/mol. The zero-order valence-electron chi connectivity index (χ0n) is 5.78. The van der Waals surface area contributed by atoms with Crippen molar-refractivity contribution < 1.29 is 0 Å². The summed E-state index contributed by atoms with van der Waals surface area (Å²) in [5, 5.41) is 0. The molecule has 2 unspecified atom stereocenters. The summed E-state index contributed by atoms with van der Waals surface area (Å²) in [5.41, 5.74) is 0.819. The van der Waals surface area contributed by atoms with E-state index in [-0.39, 0.29) is 0 Å². The summed E-state index contributed by atoms with van der Waals surface area (Å²) in [5.74, 6) is 2.17. The Labute approximate surface area is 51.3 Å². The average Bonchev–Trinajstić information content (AvgIpc) is 2.31. The highest BCUT2D eigenvalue weighted by atomic mass is 14.6. The molecule has 0 heterocycles. The predicted octanol–water partition coefficient (Wildman–Crippen LogP) is 2.44. The third-order valence-electron chi connectivity index (χ3n) is 3.53. The van der Waals surface area contributed by atoms with E-state index < -0.39 is 0 Å². The van der Waals surface area contributed by atoms with Crippen LogP contribution < -0.4 is 0 Å². The molecule has 0 saturated heterocycles. The van der Waals surface area contributed by atoms with Gasteiger partial charge in [-0.3, -0.25) is 0 Å². The molecule has 2 aliphatic carbocycles. The van der Waals surface area contributed by atoms with Crippen LogP contribution in [0.3, 0.4) is 0 Å². The first-order valence-corrected chi connectivity index (χ1v) is 3.73. The van der Waals surface area contributed by atoms with E-state index in [1.165, 1.54) is 19.3 Å². The van der Waals surface area contributed by atoms with Gasteiger partial charge in [0.2, 0.25) is 0 Å². The predicted molar refractivity (Wildman–Crippen MR) is 34.6 cm³/mol. The smallest absolute Gasteiger partial charge is 0.0269 e. The summed E-state index contributed by atoms with van der Waals surface area (Å²) in [6, 6.07) is 0. The summed E-state index contributed by atoms with van der Waals surface area (Å²) in [7, 11) is 0. The van der Waals surface area contributed by atoms with Crippen LogP contribution in [0.2, 0.25) is 0 Å². The van der Waals surface area contributed by atoms with Gasteiger partial charge in [0.05, 0.1) is 0 Å². The second-order valence-corrected chi connectivity index (χ2v) is 3.89. The fourth-order valence-corrected chi connectivity index (χ4v) is 2.29. The maximum Gasteiger partial charge on any atom is -0.0269 e. The normalized spacial score (nSPS) is 60.8. The molecule has 0 N–H and O–H groups in total. The van der Waals surface area contributed by atoms with E-state index in [1.807, 2.05) is 0 Å². The summed E-state index contributed by atoms with van der Waals surface area (Å²) in [4.78, 5) is 0. The summed E-state index contributed by atoms with van der Waals surface area (Å²) in [6.07, 6.45) is 4.56. The van der Waals surface area contributed by atoms with Gasteiger partial charge in [0.1, 0.15) is 0 Å². The second-order valence-electron chi connectivity index (χ2n) is 3.89. The van der Waals surface area contributed by atoms with Gasteiger partial charge < -0.3 is 0 Å². The highest BCUT2D eigenvalue weighted by Crippen LogP contribution is 2.65. The Bertz CT molecular complexity index is 115. The molecule has 0 aromatic carbocycles. The Morgan fingerprint density at radius 2 is 2.12 bits per heavy atom. The van der Waals surface area contributed by atoms with Gasteiger partial charge in [0.25, 0.3) is 0 Å². The maximum atomic E-state index is 2.45. The van der Waals surface area contributed by atoms with E-state index in [0.29, 0.717) is 0 Å². The van der Waals surface area contributed by atoms with Crippen LogP contribution in [-0.2, 0) is 0 Å². The molecule has 0 radical (unpaired) electrons. The van der Waals surface area contributed by atoms with Gasteiger partial charge in [0.15, 0.2) is 0 Å². The lowest BCUT2D eigenvalue weighted by atomic mass is 9.95. The molecule has 8 heavy (non-hydrogen) atoms. The molecule has 0 nitrogen and oxygen atoms in total. The quantitative estimate of drug-likeness (QED) is 0.449. The monoisotopic (exact) mass is 110 g/mol. The van der Waals surface area contributed by atoms with Crippen molar-refractivity contribution in [3.05, 3.63) is 0 Å². The first-order chi connectivity index (χ1) is 3.73. The van der Waals surface area contributed by atoms with Crippen LogP contribution in [0, 0.1) is 17.3 Å². The van der Waals surface area contributed by atoms with Crippen LogP contribution in [-0.4, -0.2) is 0 Å². The lowest BCUT2D eigenvalue weighted by molar-refractivity contribution is 0.390. The van der Waals surface area contributed by atoms with Crippen molar-refractivity contribution in [1.29, 1.82) is 0 Å². The molecule has 3 atom stereocenters. The van der Waals surface area contributed by atoms with Crippen molar-refractivity contribution in [2.45, 2.75) is 33.1 Å². The largest absolute Gasteiger partial charge is 0.0620 e. The van der Waals surface area contributed by atoms with Crippen molar-refractivity contribution in [1.82, 2.24) is 0 Å². The Morgan fingerprint density at radius 1 is 1.38 bits per heavy atom. The standard InChI is InChI=1S/C8H14/c1-6-3-4-7-5-8(6,7)2/h6-7H,3-5H2,1-2H3/t6?,7-,8?/m1/s1. The second kappa shape index (κ2) is 1.12. The van der Waals surface area contributed by atoms with Crippen molar-refractivity contribution in [3.63, 3.8) is 0 Å². The zero-order chi connectivity index (χ0) is 5.78. The SMILES string of the molecule is CC1CC[C@@H]2CC12C. The Kier molecular flexibility index (Phi) is 0.678. The Balaban J connectivity index is 2.19. The van der Waals surface area contributed by atoms with Crippen LogP contribution in [0.25, 0.3) is 0 Å². The van der Waals surface area contributed by atoms with Gasteiger partial charge >= 0.3 is 0 Å². The highest BCUT2D eigenvalue weighted by molar-refractivity contribution is 5.06. The minimum absolute atomic E-state index is 0.819. The van der Waals surface area contributed by atoms with Gasteiger partial charge in [-0.2, -0.15) is 0 Å². The van der Waals surface area contributed by atoms with Crippen LogP contribution in [0.4, 0.5) is 0 Å². The first kappa shape index (κ1) is 4.84. The molecule has 0 amide bonds. The van der Waals surface area contributed by atoms with Crippen LogP contribution in [0.5, 0.6) is 0 Å². The van der Waals surface area contributed by atoms with E-state index >= 15 is 0 Å². The number of hydrogen-bond acceptors (Lipinski definition) is 0. The third kappa shape index (κ3) is 0.375. The van der Waals surface area contributed by atoms with E-state index in [2.05, 4.69) is 13.8 Å². The lowest BCUT2D eigenvalue weighted by Gasteiger charge is -2.10. The lowest BCUT2D eigenvalue weighted by Crippen LogP contribution is -2.02. The van der Waals surface area contributed by atoms with Gasteiger partial charge in [-0.15, -0.1) is 0 Å². The number of fused-ring (bicyclic) bond motifs is 1. The van der Waals surface area contributed by atoms with Gasteiger partial charge in [-0.05, 0) is 36.5 Å².